The standard InChI is InChI=1S/C21H28N4O2/c1-24-8-4-16(5-9-24)13-27-18-2-3-19-20(12-18)22-14-23-21(19)17-6-10-25(15-26)11-7-17/h2-3,12,14-17H,4-11,13H2,1H3. The lowest BCUT2D eigenvalue weighted by atomic mass is 9.91. The molecule has 0 bridgehead atoms. The van der Waals surface area contributed by atoms with Crippen molar-refractivity contribution in [2.75, 3.05) is 39.8 Å². The van der Waals surface area contributed by atoms with Gasteiger partial charge in [-0.15, -0.1) is 0 Å². The maximum absolute atomic E-state index is 10.9. The van der Waals surface area contributed by atoms with Crippen LogP contribution in [-0.2, 0) is 4.79 Å². The number of rotatable bonds is 5. The Morgan fingerprint density at radius 1 is 1.11 bits per heavy atom. The largest absolute Gasteiger partial charge is 0.493 e. The number of likely N-dealkylation sites (tertiary alicyclic amines) is 2. The minimum absolute atomic E-state index is 0.387. The van der Waals surface area contributed by atoms with Gasteiger partial charge in [0.25, 0.3) is 0 Å². The molecule has 3 heterocycles. The number of carbonyl (C=O) groups is 1. The van der Waals surface area contributed by atoms with Gasteiger partial charge in [-0.25, -0.2) is 9.97 Å². The van der Waals surface area contributed by atoms with Crippen LogP contribution in [0.4, 0.5) is 0 Å². The monoisotopic (exact) mass is 368 g/mol. The van der Waals surface area contributed by atoms with Crippen LogP contribution in [0.3, 0.4) is 0 Å². The van der Waals surface area contributed by atoms with Crippen LogP contribution in [0.5, 0.6) is 5.75 Å². The first-order valence-electron chi connectivity index (χ1n) is 9.98. The molecule has 6 heteroatoms. The van der Waals surface area contributed by atoms with E-state index in [1.807, 2.05) is 17.0 Å². The first kappa shape index (κ1) is 18.2. The number of nitrogens with zero attached hydrogens (tertiary/aromatic N) is 4. The maximum Gasteiger partial charge on any atom is 0.209 e. The van der Waals surface area contributed by atoms with Gasteiger partial charge in [0.15, 0.2) is 0 Å². The third-order valence-electron chi connectivity index (χ3n) is 6.03. The fourth-order valence-corrected chi connectivity index (χ4v) is 4.19. The van der Waals surface area contributed by atoms with Gasteiger partial charge >= 0.3 is 0 Å². The van der Waals surface area contributed by atoms with Gasteiger partial charge in [0.1, 0.15) is 12.1 Å². The van der Waals surface area contributed by atoms with Gasteiger partial charge < -0.3 is 14.5 Å². The molecule has 0 radical (unpaired) electrons. The number of amides is 1. The Hall–Kier alpha value is -2.21. The van der Waals surface area contributed by atoms with Crippen molar-refractivity contribution in [2.24, 2.45) is 5.92 Å². The van der Waals surface area contributed by atoms with Crippen molar-refractivity contribution in [2.45, 2.75) is 31.6 Å². The Kier molecular flexibility index (Phi) is 5.53. The Labute approximate surface area is 160 Å². The summed E-state index contributed by atoms with van der Waals surface area (Å²) in [5.41, 5.74) is 2.05. The molecular formula is C21H28N4O2. The van der Waals surface area contributed by atoms with Gasteiger partial charge in [0, 0.05) is 30.5 Å². The molecule has 2 aliphatic rings. The van der Waals surface area contributed by atoms with Gasteiger partial charge in [0.05, 0.1) is 17.8 Å². The molecule has 2 saturated heterocycles. The Morgan fingerprint density at radius 3 is 2.63 bits per heavy atom. The van der Waals surface area contributed by atoms with Crippen molar-refractivity contribution in [3.63, 3.8) is 0 Å². The van der Waals surface area contributed by atoms with E-state index >= 15 is 0 Å². The summed E-state index contributed by atoms with van der Waals surface area (Å²) in [6, 6.07) is 6.18. The van der Waals surface area contributed by atoms with Crippen molar-refractivity contribution in [3.8, 4) is 5.75 Å². The predicted octanol–water partition coefficient (Wildman–Crippen LogP) is 2.69. The van der Waals surface area contributed by atoms with Crippen LogP contribution in [-0.4, -0.2) is 66.0 Å². The van der Waals surface area contributed by atoms with Gasteiger partial charge in [0.2, 0.25) is 6.41 Å². The quantitative estimate of drug-likeness (QED) is 0.760. The molecule has 2 aliphatic heterocycles. The second kappa shape index (κ2) is 8.21. The van der Waals surface area contributed by atoms with Crippen molar-refractivity contribution in [1.29, 1.82) is 0 Å². The summed E-state index contributed by atoms with van der Waals surface area (Å²) in [5, 5.41) is 1.11. The van der Waals surface area contributed by atoms with Crippen molar-refractivity contribution >= 4 is 17.3 Å². The molecule has 27 heavy (non-hydrogen) atoms. The fourth-order valence-electron chi connectivity index (χ4n) is 4.19. The van der Waals surface area contributed by atoms with E-state index in [0.717, 1.165) is 74.4 Å². The number of ether oxygens (including phenoxy) is 1. The average Bonchev–Trinajstić information content (AvgIpc) is 2.73. The predicted molar refractivity (Wildman–Crippen MR) is 105 cm³/mol. The van der Waals surface area contributed by atoms with Crippen LogP contribution >= 0.6 is 0 Å². The summed E-state index contributed by atoms with van der Waals surface area (Å²) in [6.07, 6.45) is 6.93. The van der Waals surface area contributed by atoms with Gasteiger partial charge in [-0.05, 0) is 63.9 Å². The number of piperidine rings is 2. The molecule has 0 atom stereocenters. The van der Waals surface area contributed by atoms with Gasteiger partial charge in [-0.2, -0.15) is 0 Å². The normalized spacial score (nSPS) is 20.1. The number of aromatic nitrogens is 2. The highest BCUT2D eigenvalue weighted by molar-refractivity contribution is 5.82. The minimum Gasteiger partial charge on any atom is -0.493 e. The highest BCUT2D eigenvalue weighted by Crippen LogP contribution is 2.32. The third-order valence-corrected chi connectivity index (χ3v) is 6.03. The number of hydrogen-bond acceptors (Lipinski definition) is 5. The van der Waals surface area contributed by atoms with E-state index < -0.39 is 0 Å². The smallest absolute Gasteiger partial charge is 0.209 e. The van der Waals surface area contributed by atoms with Gasteiger partial charge in [-0.1, -0.05) is 0 Å². The Balaban J connectivity index is 1.44. The lowest BCUT2D eigenvalue weighted by Gasteiger charge is -2.29. The second-order valence-electron chi connectivity index (χ2n) is 7.91. The van der Waals surface area contributed by atoms with E-state index in [9.17, 15) is 4.79 Å². The third kappa shape index (κ3) is 4.21. The van der Waals surface area contributed by atoms with E-state index in [4.69, 9.17) is 4.74 Å². The molecule has 2 aromatic rings. The molecule has 0 spiro atoms. The van der Waals surface area contributed by atoms with Crippen LogP contribution < -0.4 is 4.74 Å². The molecule has 0 aliphatic carbocycles. The molecule has 1 amide bonds. The second-order valence-corrected chi connectivity index (χ2v) is 7.91. The first-order chi connectivity index (χ1) is 13.2. The zero-order valence-corrected chi connectivity index (χ0v) is 16.0. The van der Waals surface area contributed by atoms with E-state index in [1.54, 1.807) is 6.33 Å². The van der Waals surface area contributed by atoms with Crippen molar-refractivity contribution in [1.82, 2.24) is 19.8 Å². The molecule has 2 fully saturated rings. The molecule has 0 N–H and O–H groups in total. The van der Waals surface area contributed by atoms with E-state index in [2.05, 4.69) is 28.0 Å². The van der Waals surface area contributed by atoms with Crippen LogP contribution in [0.25, 0.3) is 10.9 Å². The lowest BCUT2D eigenvalue weighted by molar-refractivity contribution is -0.119. The fraction of sp³-hybridized carbons (Fsp3) is 0.571. The topological polar surface area (TPSA) is 58.6 Å². The number of carbonyl (C=O) groups excluding carboxylic acids is 1. The van der Waals surface area contributed by atoms with Crippen molar-refractivity contribution in [3.05, 3.63) is 30.2 Å². The van der Waals surface area contributed by atoms with Crippen LogP contribution in [0, 0.1) is 5.92 Å². The minimum atomic E-state index is 0.387. The molecule has 4 rings (SSSR count). The molecule has 0 unspecified atom stereocenters. The summed E-state index contributed by atoms with van der Waals surface area (Å²) >= 11 is 0. The van der Waals surface area contributed by atoms with Crippen molar-refractivity contribution < 1.29 is 9.53 Å². The number of hydrogen-bond donors (Lipinski definition) is 0. The first-order valence-corrected chi connectivity index (χ1v) is 9.98. The Morgan fingerprint density at radius 2 is 1.89 bits per heavy atom. The molecular weight excluding hydrogens is 340 g/mol. The van der Waals surface area contributed by atoms with Crippen LogP contribution in [0.2, 0.25) is 0 Å². The van der Waals surface area contributed by atoms with E-state index in [1.165, 1.54) is 12.8 Å². The molecule has 144 valence electrons. The molecule has 0 saturated carbocycles. The Bertz CT molecular complexity index is 781. The highest BCUT2D eigenvalue weighted by Gasteiger charge is 2.23. The van der Waals surface area contributed by atoms with E-state index in [-0.39, 0.29) is 0 Å². The lowest BCUT2D eigenvalue weighted by Crippen LogP contribution is -2.32. The number of fused-ring (bicyclic) bond motifs is 1. The summed E-state index contributed by atoms with van der Waals surface area (Å²) in [4.78, 5) is 24.2. The zero-order valence-electron chi connectivity index (χ0n) is 16.0. The number of benzene rings is 1. The van der Waals surface area contributed by atoms with E-state index in [0.29, 0.717) is 11.8 Å². The molecule has 6 nitrogen and oxygen atoms in total. The summed E-state index contributed by atoms with van der Waals surface area (Å²) < 4.78 is 6.08. The maximum atomic E-state index is 10.9. The SMILES string of the molecule is CN1CCC(COc2ccc3c(C4CCN(C=O)CC4)ncnc3c2)CC1. The highest BCUT2D eigenvalue weighted by atomic mass is 16.5. The molecule has 1 aromatic heterocycles. The average molecular weight is 368 g/mol. The zero-order chi connectivity index (χ0) is 18.6. The molecule has 1 aromatic carbocycles. The summed E-state index contributed by atoms with van der Waals surface area (Å²) in [7, 11) is 2.18. The van der Waals surface area contributed by atoms with Crippen LogP contribution in [0.15, 0.2) is 24.5 Å². The summed E-state index contributed by atoms with van der Waals surface area (Å²) in [5.74, 6) is 1.92. The summed E-state index contributed by atoms with van der Waals surface area (Å²) in [6.45, 7) is 4.70. The van der Waals surface area contributed by atoms with Gasteiger partial charge in [-0.3, -0.25) is 4.79 Å². The van der Waals surface area contributed by atoms with Crippen LogP contribution in [0.1, 0.15) is 37.3 Å².